The first-order chi connectivity index (χ1) is 6.31. The van der Waals surface area contributed by atoms with Gasteiger partial charge in [-0.2, -0.15) is 5.10 Å². The van der Waals surface area contributed by atoms with Crippen LogP contribution in [0.25, 0.3) is 11.5 Å². The molecule has 0 aromatic carbocycles. The maximum Gasteiger partial charge on any atom is 0.153 e. The van der Waals surface area contributed by atoms with Crippen molar-refractivity contribution >= 4 is 17.9 Å². The summed E-state index contributed by atoms with van der Waals surface area (Å²) in [6.07, 6.45) is 3.53. The number of hydrogen-bond acceptors (Lipinski definition) is 3. The predicted molar refractivity (Wildman–Crippen MR) is 46.7 cm³/mol. The van der Waals surface area contributed by atoms with E-state index >= 15 is 0 Å². The van der Waals surface area contributed by atoms with E-state index in [1.54, 1.807) is 6.07 Å². The summed E-state index contributed by atoms with van der Waals surface area (Å²) in [5, 5.41) is 6.86. The number of H-pyrrole nitrogens is 1. The first kappa shape index (κ1) is 8.07. The fourth-order valence-corrected chi connectivity index (χ4v) is 1.17. The van der Waals surface area contributed by atoms with E-state index in [2.05, 4.69) is 10.2 Å². The van der Waals surface area contributed by atoms with Gasteiger partial charge in [0.25, 0.3) is 0 Å². The first-order valence-corrected chi connectivity index (χ1v) is 3.92. The maximum atomic E-state index is 10.5. The quantitative estimate of drug-likeness (QED) is 0.749. The molecular weight excluding hydrogens is 192 g/mol. The number of aromatic nitrogens is 2. The largest absolute Gasteiger partial charge is 0.461 e. The molecule has 1 N–H and O–H groups in total. The standard InChI is InChI=1S/C8H5ClN2O2/c9-6-1-7(13-4-6)8-5(3-12)2-10-11-8/h1-4H,(H,10,11). The third-order valence-corrected chi connectivity index (χ3v) is 1.81. The van der Waals surface area contributed by atoms with E-state index in [1.165, 1.54) is 12.5 Å². The lowest BCUT2D eigenvalue weighted by Crippen LogP contribution is -1.80. The summed E-state index contributed by atoms with van der Waals surface area (Å²) in [5.41, 5.74) is 0.993. The van der Waals surface area contributed by atoms with Crippen molar-refractivity contribution < 1.29 is 9.21 Å². The van der Waals surface area contributed by atoms with Gasteiger partial charge < -0.3 is 4.42 Å². The van der Waals surface area contributed by atoms with Crippen molar-refractivity contribution in [2.45, 2.75) is 0 Å². The number of furan rings is 1. The van der Waals surface area contributed by atoms with Crippen LogP contribution in [0.1, 0.15) is 10.4 Å². The molecule has 0 saturated carbocycles. The molecule has 0 amide bonds. The summed E-state index contributed by atoms with van der Waals surface area (Å²) in [6, 6.07) is 1.61. The van der Waals surface area contributed by atoms with E-state index in [0.717, 1.165) is 0 Å². The summed E-state index contributed by atoms with van der Waals surface area (Å²) in [7, 11) is 0. The van der Waals surface area contributed by atoms with Crippen LogP contribution in [-0.4, -0.2) is 16.5 Å². The Morgan fingerprint density at radius 3 is 3.08 bits per heavy atom. The lowest BCUT2D eigenvalue weighted by atomic mass is 10.2. The SMILES string of the molecule is O=Cc1cn[nH]c1-c1cc(Cl)co1. The van der Waals surface area contributed by atoms with Gasteiger partial charge >= 0.3 is 0 Å². The Hall–Kier alpha value is -1.55. The second kappa shape index (κ2) is 3.06. The highest BCUT2D eigenvalue weighted by molar-refractivity contribution is 6.30. The molecular formula is C8H5ClN2O2. The number of rotatable bonds is 2. The van der Waals surface area contributed by atoms with E-state index in [0.29, 0.717) is 28.3 Å². The number of aldehydes is 1. The Morgan fingerprint density at radius 2 is 2.46 bits per heavy atom. The van der Waals surface area contributed by atoms with Crippen LogP contribution in [0.3, 0.4) is 0 Å². The van der Waals surface area contributed by atoms with Crippen LogP contribution in [0.5, 0.6) is 0 Å². The molecule has 0 atom stereocenters. The Bertz CT molecular complexity index is 433. The van der Waals surface area contributed by atoms with Crippen LogP contribution in [0.4, 0.5) is 0 Å². The molecule has 0 unspecified atom stereocenters. The number of carbonyl (C=O) groups is 1. The average molecular weight is 197 g/mol. The van der Waals surface area contributed by atoms with Crippen LogP contribution >= 0.6 is 11.6 Å². The van der Waals surface area contributed by atoms with Gasteiger partial charge in [0.1, 0.15) is 12.0 Å². The average Bonchev–Trinajstić information content (AvgIpc) is 2.71. The number of nitrogens with zero attached hydrogens (tertiary/aromatic N) is 1. The highest BCUT2D eigenvalue weighted by Gasteiger charge is 2.10. The minimum absolute atomic E-state index is 0.450. The molecule has 0 aliphatic carbocycles. The zero-order valence-corrected chi connectivity index (χ0v) is 7.21. The van der Waals surface area contributed by atoms with Gasteiger partial charge in [0.05, 0.1) is 16.8 Å². The molecule has 13 heavy (non-hydrogen) atoms. The summed E-state index contributed by atoms with van der Waals surface area (Å²) in [5.74, 6) is 0.504. The van der Waals surface area contributed by atoms with E-state index in [4.69, 9.17) is 16.0 Å². The number of carbonyl (C=O) groups excluding carboxylic acids is 1. The molecule has 2 rings (SSSR count). The van der Waals surface area contributed by atoms with E-state index in [-0.39, 0.29) is 0 Å². The van der Waals surface area contributed by atoms with E-state index < -0.39 is 0 Å². The highest BCUT2D eigenvalue weighted by atomic mass is 35.5. The Labute approximate surface area is 78.5 Å². The van der Waals surface area contributed by atoms with E-state index in [9.17, 15) is 4.79 Å². The smallest absolute Gasteiger partial charge is 0.153 e. The van der Waals surface area contributed by atoms with Crippen molar-refractivity contribution in [3.8, 4) is 11.5 Å². The van der Waals surface area contributed by atoms with Gasteiger partial charge in [0.2, 0.25) is 0 Å². The van der Waals surface area contributed by atoms with Gasteiger partial charge in [-0.05, 0) is 0 Å². The molecule has 0 radical (unpaired) electrons. The molecule has 0 saturated heterocycles. The summed E-state index contributed by atoms with van der Waals surface area (Å²) < 4.78 is 5.09. The molecule has 66 valence electrons. The molecule has 2 aromatic rings. The monoisotopic (exact) mass is 196 g/mol. The number of halogens is 1. The molecule has 0 fully saturated rings. The molecule has 0 aliphatic rings. The summed E-state index contributed by atoms with van der Waals surface area (Å²) in [4.78, 5) is 10.5. The fourth-order valence-electron chi connectivity index (χ4n) is 1.03. The Morgan fingerprint density at radius 1 is 1.62 bits per heavy atom. The van der Waals surface area contributed by atoms with Crippen LogP contribution in [-0.2, 0) is 0 Å². The predicted octanol–water partition coefficient (Wildman–Crippen LogP) is 2.14. The van der Waals surface area contributed by atoms with Crippen molar-refractivity contribution in [1.29, 1.82) is 0 Å². The van der Waals surface area contributed by atoms with Crippen molar-refractivity contribution in [2.24, 2.45) is 0 Å². The molecule has 0 bridgehead atoms. The zero-order chi connectivity index (χ0) is 9.26. The molecule has 2 heterocycles. The molecule has 0 aliphatic heterocycles. The first-order valence-electron chi connectivity index (χ1n) is 3.54. The van der Waals surface area contributed by atoms with Crippen molar-refractivity contribution in [1.82, 2.24) is 10.2 Å². The summed E-state index contributed by atoms with van der Waals surface area (Å²) >= 11 is 5.66. The third-order valence-electron chi connectivity index (χ3n) is 1.61. The minimum atomic E-state index is 0.450. The second-order valence-electron chi connectivity index (χ2n) is 2.45. The van der Waals surface area contributed by atoms with Crippen molar-refractivity contribution in [3.05, 3.63) is 29.1 Å². The molecule has 5 heteroatoms. The van der Waals surface area contributed by atoms with Crippen LogP contribution in [0.2, 0.25) is 5.02 Å². The number of hydrogen-bond donors (Lipinski definition) is 1. The van der Waals surface area contributed by atoms with Gasteiger partial charge in [-0.1, -0.05) is 11.6 Å². The number of nitrogens with one attached hydrogen (secondary N) is 1. The summed E-state index contributed by atoms with van der Waals surface area (Å²) in [6.45, 7) is 0. The van der Waals surface area contributed by atoms with E-state index in [1.807, 2.05) is 0 Å². The van der Waals surface area contributed by atoms with Gasteiger partial charge in [-0.3, -0.25) is 9.89 Å². The fraction of sp³-hybridized carbons (Fsp3) is 0. The van der Waals surface area contributed by atoms with Crippen LogP contribution in [0, 0.1) is 0 Å². The topological polar surface area (TPSA) is 58.9 Å². The molecule has 4 nitrogen and oxygen atoms in total. The molecule has 2 aromatic heterocycles. The van der Waals surface area contributed by atoms with Gasteiger partial charge in [0, 0.05) is 6.07 Å². The van der Waals surface area contributed by atoms with Crippen LogP contribution in [0.15, 0.2) is 22.9 Å². The van der Waals surface area contributed by atoms with Crippen molar-refractivity contribution in [3.63, 3.8) is 0 Å². The second-order valence-corrected chi connectivity index (χ2v) is 2.88. The highest BCUT2D eigenvalue weighted by Crippen LogP contribution is 2.24. The van der Waals surface area contributed by atoms with Gasteiger partial charge in [-0.15, -0.1) is 0 Å². The molecule has 0 spiro atoms. The third kappa shape index (κ3) is 1.36. The van der Waals surface area contributed by atoms with Crippen molar-refractivity contribution in [2.75, 3.05) is 0 Å². The Kier molecular flexibility index (Phi) is 1.90. The van der Waals surface area contributed by atoms with Gasteiger partial charge in [-0.25, -0.2) is 0 Å². The lowest BCUT2D eigenvalue weighted by Gasteiger charge is -1.89. The zero-order valence-electron chi connectivity index (χ0n) is 6.45. The van der Waals surface area contributed by atoms with Crippen LogP contribution < -0.4 is 0 Å². The maximum absolute atomic E-state index is 10.5. The number of aromatic amines is 1. The minimum Gasteiger partial charge on any atom is -0.461 e. The van der Waals surface area contributed by atoms with Gasteiger partial charge in [0.15, 0.2) is 12.0 Å². The Balaban J connectivity index is 2.51. The lowest BCUT2D eigenvalue weighted by molar-refractivity contribution is 0.112. The normalized spacial score (nSPS) is 10.2.